The Hall–Kier alpha value is -2.12. The number of carbonyl (C=O) groups is 1. The van der Waals surface area contributed by atoms with Gasteiger partial charge >= 0.3 is 12.1 Å². The zero-order valence-corrected chi connectivity index (χ0v) is 24.0. The van der Waals surface area contributed by atoms with Gasteiger partial charge in [0.1, 0.15) is 0 Å². The van der Waals surface area contributed by atoms with Gasteiger partial charge in [0.05, 0.1) is 13.6 Å². The molecule has 0 spiro atoms. The molecule has 0 aromatic heterocycles. The highest BCUT2D eigenvalue weighted by Crippen LogP contribution is 2.44. The Morgan fingerprint density at radius 2 is 1.62 bits per heavy atom. The number of benzene rings is 2. The van der Waals surface area contributed by atoms with Crippen LogP contribution in [0.4, 0.5) is 13.2 Å². The SMILES string of the molecule is CC(C)(C)CC[C@H](c1ccc([Si](C)(C)C)cc1)N1CC[C@@H](CC(=O)O)C[C@H]1c1ccc(C(F)(F)F)cc1. The van der Waals surface area contributed by atoms with Crippen LogP contribution in [0.2, 0.25) is 19.6 Å². The first-order valence-corrected chi connectivity index (χ1v) is 16.8. The van der Waals surface area contributed by atoms with Crippen LogP contribution in [-0.4, -0.2) is 30.6 Å². The Morgan fingerprint density at radius 3 is 2.11 bits per heavy atom. The summed E-state index contributed by atoms with van der Waals surface area (Å²) < 4.78 is 39.7. The van der Waals surface area contributed by atoms with Gasteiger partial charge in [0.15, 0.2) is 0 Å². The predicted molar refractivity (Wildman–Crippen MR) is 147 cm³/mol. The molecule has 1 aliphatic heterocycles. The first kappa shape index (κ1) is 29.4. The van der Waals surface area contributed by atoms with Gasteiger partial charge in [0, 0.05) is 18.5 Å². The molecule has 7 heteroatoms. The van der Waals surface area contributed by atoms with Crippen molar-refractivity contribution in [2.45, 2.75) is 90.8 Å². The van der Waals surface area contributed by atoms with Crippen molar-refractivity contribution < 1.29 is 23.1 Å². The molecule has 3 atom stereocenters. The number of halogens is 3. The van der Waals surface area contributed by atoms with E-state index >= 15 is 0 Å². The normalized spacial score (nSPS) is 20.6. The van der Waals surface area contributed by atoms with Crippen molar-refractivity contribution in [3.05, 3.63) is 65.2 Å². The Balaban J connectivity index is 2.01. The fraction of sp³-hybridized carbons (Fsp3) is 0.567. The lowest BCUT2D eigenvalue weighted by molar-refractivity contribution is -0.139. The minimum Gasteiger partial charge on any atom is -0.481 e. The predicted octanol–water partition coefficient (Wildman–Crippen LogP) is 8.05. The molecule has 37 heavy (non-hydrogen) atoms. The van der Waals surface area contributed by atoms with E-state index in [0.717, 1.165) is 37.0 Å². The van der Waals surface area contributed by atoms with Gasteiger partial charge in [-0.05, 0) is 66.8 Å². The summed E-state index contributed by atoms with van der Waals surface area (Å²) >= 11 is 0. The van der Waals surface area contributed by atoms with Crippen LogP contribution in [0.5, 0.6) is 0 Å². The third-order valence-corrected chi connectivity index (χ3v) is 9.63. The molecule has 204 valence electrons. The second kappa shape index (κ2) is 11.3. The highest BCUT2D eigenvalue weighted by molar-refractivity contribution is 6.88. The molecule has 0 aliphatic carbocycles. The summed E-state index contributed by atoms with van der Waals surface area (Å²) in [4.78, 5) is 13.9. The van der Waals surface area contributed by atoms with Gasteiger partial charge in [0.2, 0.25) is 0 Å². The Bertz CT molecular complexity index is 1040. The third-order valence-electron chi connectivity index (χ3n) is 7.57. The van der Waals surface area contributed by atoms with E-state index in [4.69, 9.17) is 0 Å². The van der Waals surface area contributed by atoms with E-state index in [1.54, 1.807) is 12.1 Å². The molecular formula is C30H42F3NO2Si. The average Bonchev–Trinajstić information content (AvgIpc) is 2.78. The Morgan fingerprint density at radius 1 is 1.03 bits per heavy atom. The molecule has 1 N–H and O–H groups in total. The monoisotopic (exact) mass is 533 g/mol. The van der Waals surface area contributed by atoms with E-state index in [1.165, 1.54) is 10.8 Å². The summed E-state index contributed by atoms with van der Waals surface area (Å²) in [6.45, 7) is 14.4. The molecule has 2 aromatic carbocycles. The molecule has 0 amide bonds. The van der Waals surface area contributed by atoms with Crippen molar-refractivity contribution in [2.24, 2.45) is 11.3 Å². The van der Waals surface area contributed by atoms with Crippen LogP contribution in [0.15, 0.2) is 48.5 Å². The number of alkyl halides is 3. The molecule has 0 saturated carbocycles. The van der Waals surface area contributed by atoms with Gasteiger partial charge < -0.3 is 5.11 Å². The zero-order chi connectivity index (χ0) is 27.6. The van der Waals surface area contributed by atoms with Crippen molar-refractivity contribution in [1.29, 1.82) is 0 Å². The topological polar surface area (TPSA) is 40.5 Å². The smallest absolute Gasteiger partial charge is 0.416 e. The fourth-order valence-corrected chi connectivity index (χ4v) is 6.55. The van der Waals surface area contributed by atoms with E-state index < -0.39 is 25.8 Å². The van der Waals surface area contributed by atoms with Crippen molar-refractivity contribution in [1.82, 2.24) is 4.90 Å². The molecule has 0 unspecified atom stereocenters. The first-order chi connectivity index (χ1) is 17.0. The van der Waals surface area contributed by atoms with Crippen LogP contribution < -0.4 is 5.19 Å². The third kappa shape index (κ3) is 8.18. The average molecular weight is 534 g/mol. The standard InChI is InChI=1S/C30H42F3NO2Si/c1-29(2,3)17-15-26(22-9-13-25(14-10-22)37(4,5)6)34-18-16-21(20-28(35)36)19-27(34)23-7-11-24(12-8-23)30(31,32)33/h7-14,21,26-27H,15-20H2,1-6H3,(H,35,36)/t21-,26-,27+/m1/s1. The largest absolute Gasteiger partial charge is 0.481 e. The van der Waals surface area contributed by atoms with Crippen LogP contribution >= 0.6 is 0 Å². The summed E-state index contributed by atoms with van der Waals surface area (Å²) in [6.07, 6.45) is -0.982. The summed E-state index contributed by atoms with van der Waals surface area (Å²) in [5.74, 6) is -0.825. The number of rotatable bonds is 8. The molecule has 3 nitrogen and oxygen atoms in total. The lowest BCUT2D eigenvalue weighted by Crippen LogP contribution is -2.41. The number of hydrogen-bond acceptors (Lipinski definition) is 2. The highest BCUT2D eigenvalue weighted by Gasteiger charge is 2.37. The summed E-state index contributed by atoms with van der Waals surface area (Å²) in [6, 6.07) is 14.4. The lowest BCUT2D eigenvalue weighted by Gasteiger charge is -2.45. The second-order valence-electron chi connectivity index (χ2n) is 12.8. The minimum absolute atomic E-state index is 0.00132. The number of nitrogens with zero attached hydrogens (tertiary/aromatic N) is 1. The van der Waals surface area contributed by atoms with Crippen LogP contribution in [0.25, 0.3) is 0 Å². The number of piperidine rings is 1. The number of hydrogen-bond donors (Lipinski definition) is 1. The van der Waals surface area contributed by atoms with Crippen molar-refractivity contribution in [3.8, 4) is 0 Å². The van der Waals surface area contributed by atoms with Crippen LogP contribution in [-0.2, 0) is 11.0 Å². The maximum atomic E-state index is 13.2. The molecule has 3 rings (SSSR count). The fourth-order valence-electron chi connectivity index (χ4n) is 5.38. The van der Waals surface area contributed by atoms with Gasteiger partial charge in [-0.2, -0.15) is 13.2 Å². The van der Waals surface area contributed by atoms with Gasteiger partial charge in [-0.3, -0.25) is 9.69 Å². The van der Waals surface area contributed by atoms with Gasteiger partial charge in [-0.15, -0.1) is 0 Å². The second-order valence-corrected chi connectivity index (χ2v) is 17.9. The maximum Gasteiger partial charge on any atom is 0.416 e. The molecule has 1 heterocycles. The van der Waals surface area contributed by atoms with Crippen LogP contribution in [0.3, 0.4) is 0 Å². The van der Waals surface area contributed by atoms with Crippen molar-refractivity contribution >= 4 is 19.2 Å². The first-order valence-electron chi connectivity index (χ1n) is 13.3. The summed E-state index contributed by atoms with van der Waals surface area (Å²) in [5.41, 5.74) is 1.52. The van der Waals surface area contributed by atoms with Gasteiger partial charge in [-0.1, -0.05) is 82.0 Å². The minimum atomic E-state index is -4.38. The molecule has 0 bridgehead atoms. The number of carboxylic acid groups (broad SMARTS) is 1. The van der Waals surface area contributed by atoms with E-state index in [1.807, 2.05) is 0 Å². The quantitative estimate of drug-likeness (QED) is 0.349. The lowest BCUT2D eigenvalue weighted by atomic mass is 9.81. The van der Waals surface area contributed by atoms with Crippen molar-refractivity contribution in [2.75, 3.05) is 6.54 Å². The van der Waals surface area contributed by atoms with E-state index in [-0.39, 0.29) is 29.8 Å². The number of likely N-dealkylation sites (tertiary alicyclic amines) is 1. The number of carboxylic acids is 1. The highest BCUT2D eigenvalue weighted by atomic mass is 28.3. The molecule has 1 saturated heterocycles. The zero-order valence-electron chi connectivity index (χ0n) is 23.0. The van der Waals surface area contributed by atoms with Crippen LogP contribution in [0.1, 0.15) is 81.6 Å². The molecule has 0 radical (unpaired) electrons. The van der Waals surface area contributed by atoms with E-state index in [0.29, 0.717) is 13.0 Å². The molecule has 1 aliphatic rings. The Kier molecular flexibility index (Phi) is 9.00. The molecule has 2 aromatic rings. The Labute approximate surface area is 221 Å². The summed E-state index contributed by atoms with van der Waals surface area (Å²) in [7, 11) is -1.45. The van der Waals surface area contributed by atoms with Crippen molar-refractivity contribution in [3.63, 3.8) is 0 Å². The molecule has 1 fully saturated rings. The maximum absolute atomic E-state index is 13.2. The van der Waals surface area contributed by atoms with Gasteiger partial charge in [-0.25, -0.2) is 0 Å². The van der Waals surface area contributed by atoms with Gasteiger partial charge in [0.25, 0.3) is 0 Å². The van der Waals surface area contributed by atoms with Crippen LogP contribution in [0, 0.1) is 11.3 Å². The summed E-state index contributed by atoms with van der Waals surface area (Å²) in [5, 5.41) is 10.8. The van der Waals surface area contributed by atoms with E-state index in [2.05, 4.69) is 69.6 Å². The van der Waals surface area contributed by atoms with E-state index in [9.17, 15) is 23.1 Å². The molecular weight excluding hydrogens is 491 g/mol. The number of aliphatic carboxylic acids is 1.